The minimum Gasteiger partial charge on any atom is -0.350 e. The van der Waals surface area contributed by atoms with Crippen LogP contribution >= 0.6 is 0 Å². The predicted molar refractivity (Wildman–Crippen MR) is 58.0 cm³/mol. The molecule has 0 spiro atoms. The maximum Gasteiger partial charge on any atom is 0.220 e. The Hall–Kier alpha value is -1.31. The molecule has 0 fully saturated rings. The van der Waals surface area contributed by atoms with Crippen LogP contribution in [-0.2, 0) is 4.79 Å². The van der Waals surface area contributed by atoms with Crippen molar-refractivity contribution >= 4 is 5.91 Å². The lowest BCUT2D eigenvalue weighted by Gasteiger charge is -2.13. The van der Waals surface area contributed by atoms with Gasteiger partial charge in [-0.1, -0.05) is 36.8 Å². The van der Waals surface area contributed by atoms with Crippen molar-refractivity contribution in [2.75, 3.05) is 0 Å². The van der Waals surface area contributed by atoms with Crippen LogP contribution in [0.4, 0.5) is 0 Å². The van der Waals surface area contributed by atoms with Crippen LogP contribution in [-0.4, -0.2) is 5.91 Å². The van der Waals surface area contributed by atoms with Crippen molar-refractivity contribution in [3.63, 3.8) is 0 Å². The third-order valence-electron chi connectivity index (χ3n) is 2.28. The molecule has 1 rings (SSSR count). The summed E-state index contributed by atoms with van der Waals surface area (Å²) in [6.45, 7) is 5.91. The summed E-state index contributed by atoms with van der Waals surface area (Å²) < 4.78 is 0. The van der Waals surface area contributed by atoms with Crippen LogP contribution in [0.5, 0.6) is 0 Å². The maximum absolute atomic E-state index is 11.2. The predicted octanol–water partition coefficient (Wildman–Crippen LogP) is 2.58. The van der Waals surface area contributed by atoms with Gasteiger partial charge in [-0.25, -0.2) is 0 Å². The molecule has 0 heterocycles. The Morgan fingerprint density at radius 1 is 1.36 bits per heavy atom. The molecular weight excluding hydrogens is 174 g/mol. The number of amides is 1. The number of carbonyl (C=O) groups excluding carboxylic acids is 1. The number of nitrogens with one attached hydrogen (secondary N) is 1. The molecule has 1 atom stereocenters. The van der Waals surface area contributed by atoms with Crippen molar-refractivity contribution in [3.05, 3.63) is 35.4 Å². The monoisotopic (exact) mass is 191 g/mol. The summed E-state index contributed by atoms with van der Waals surface area (Å²) in [4.78, 5) is 11.2. The standard InChI is InChI=1S/C12H17NO/c1-4-12(14)13-10(3)11-7-5-9(2)6-8-11/h5-8,10H,4H2,1-3H3,(H,13,14)/t10-/m0/s1. The molecule has 0 aromatic heterocycles. The van der Waals surface area contributed by atoms with Crippen LogP contribution in [0.2, 0.25) is 0 Å². The van der Waals surface area contributed by atoms with Gasteiger partial charge in [-0.2, -0.15) is 0 Å². The quantitative estimate of drug-likeness (QED) is 0.781. The van der Waals surface area contributed by atoms with E-state index in [9.17, 15) is 4.79 Å². The van der Waals surface area contributed by atoms with Gasteiger partial charge in [0.05, 0.1) is 6.04 Å². The van der Waals surface area contributed by atoms with Gasteiger partial charge in [0.2, 0.25) is 5.91 Å². The number of aryl methyl sites for hydroxylation is 1. The van der Waals surface area contributed by atoms with E-state index in [4.69, 9.17) is 0 Å². The zero-order valence-electron chi connectivity index (χ0n) is 9.00. The molecule has 0 saturated carbocycles. The minimum absolute atomic E-state index is 0.0954. The van der Waals surface area contributed by atoms with E-state index in [2.05, 4.69) is 36.5 Å². The number of hydrogen-bond donors (Lipinski definition) is 1. The highest BCUT2D eigenvalue weighted by Crippen LogP contribution is 2.12. The van der Waals surface area contributed by atoms with Gasteiger partial charge in [0, 0.05) is 6.42 Å². The van der Waals surface area contributed by atoms with Crippen molar-refractivity contribution < 1.29 is 4.79 Å². The first-order chi connectivity index (χ1) is 6.63. The zero-order chi connectivity index (χ0) is 10.6. The molecule has 14 heavy (non-hydrogen) atoms. The van der Waals surface area contributed by atoms with E-state index in [1.54, 1.807) is 0 Å². The molecule has 1 amide bonds. The SMILES string of the molecule is CCC(=O)N[C@@H](C)c1ccc(C)cc1. The molecule has 2 heteroatoms. The van der Waals surface area contributed by atoms with Gasteiger partial charge in [0.1, 0.15) is 0 Å². The molecule has 1 N–H and O–H groups in total. The fourth-order valence-corrected chi connectivity index (χ4v) is 1.28. The summed E-state index contributed by atoms with van der Waals surface area (Å²) in [5.41, 5.74) is 2.39. The van der Waals surface area contributed by atoms with Crippen molar-refractivity contribution in [2.24, 2.45) is 0 Å². The average molecular weight is 191 g/mol. The second-order valence-corrected chi connectivity index (χ2v) is 3.55. The molecule has 0 aliphatic heterocycles. The summed E-state index contributed by atoms with van der Waals surface area (Å²) in [5, 5.41) is 2.93. The summed E-state index contributed by atoms with van der Waals surface area (Å²) in [5.74, 6) is 0.0954. The van der Waals surface area contributed by atoms with Gasteiger partial charge in [0.25, 0.3) is 0 Å². The van der Waals surface area contributed by atoms with Gasteiger partial charge >= 0.3 is 0 Å². The number of hydrogen-bond acceptors (Lipinski definition) is 1. The first-order valence-electron chi connectivity index (χ1n) is 4.99. The van der Waals surface area contributed by atoms with Crippen molar-refractivity contribution in [1.82, 2.24) is 5.32 Å². The molecule has 2 nitrogen and oxygen atoms in total. The molecule has 0 radical (unpaired) electrons. The number of carbonyl (C=O) groups is 1. The van der Waals surface area contributed by atoms with E-state index >= 15 is 0 Å². The third-order valence-corrected chi connectivity index (χ3v) is 2.28. The largest absolute Gasteiger partial charge is 0.350 e. The molecule has 0 saturated heterocycles. The van der Waals surface area contributed by atoms with Crippen LogP contribution in [0.1, 0.15) is 37.4 Å². The Kier molecular flexibility index (Phi) is 3.69. The third kappa shape index (κ3) is 2.87. The summed E-state index contributed by atoms with van der Waals surface area (Å²) in [7, 11) is 0. The fourth-order valence-electron chi connectivity index (χ4n) is 1.28. The number of benzene rings is 1. The maximum atomic E-state index is 11.2. The second-order valence-electron chi connectivity index (χ2n) is 3.55. The lowest BCUT2D eigenvalue weighted by molar-refractivity contribution is -0.121. The summed E-state index contributed by atoms with van der Waals surface area (Å²) >= 11 is 0. The summed E-state index contributed by atoms with van der Waals surface area (Å²) in [6, 6.07) is 8.32. The Morgan fingerprint density at radius 2 is 1.93 bits per heavy atom. The van der Waals surface area contributed by atoms with Crippen molar-refractivity contribution in [2.45, 2.75) is 33.2 Å². The topological polar surface area (TPSA) is 29.1 Å². The molecule has 0 bridgehead atoms. The molecule has 0 aliphatic carbocycles. The van der Waals surface area contributed by atoms with E-state index in [0.717, 1.165) is 5.56 Å². The second kappa shape index (κ2) is 4.80. The normalized spacial score (nSPS) is 12.2. The van der Waals surface area contributed by atoms with E-state index in [0.29, 0.717) is 6.42 Å². The molecule has 0 aliphatic rings. The van der Waals surface area contributed by atoms with E-state index in [1.165, 1.54) is 5.56 Å². The Bertz CT molecular complexity index is 303. The Morgan fingerprint density at radius 3 is 2.43 bits per heavy atom. The van der Waals surface area contributed by atoms with Gasteiger partial charge in [-0.3, -0.25) is 4.79 Å². The van der Waals surface area contributed by atoms with Gasteiger partial charge < -0.3 is 5.32 Å². The van der Waals surface area contributed by atoms with Gasteiger partial charge in [0.15, 0.2) is 0 Å². The van der Waals surface area contributed by atoms with E-state index in [1.807, 2.05) is 13.8 Å². The highest BCUT2D eigenvalue weighted by atomic mass is 16.1. The minimum atomic E-state index is 0.0954. The van der Waals surface area contributed by atoms with Crippen LogP contribution in [0.3, 0.4) is 0 Å². The van der Waals surface area contributed by atoms with E-state index in [-0.39, 0.29) is 11.9 Å². The first kappa shape index (κ1) is 10.8. The Balaban J connectivity index is 2.65. The lowest BCUT2D eigenvalue weighted by atomic mass is 10.1. The highest BCUT2D eigenvalue weighted by Gasteiger charge is 2.06. The van der Waals surface area contributed by atoms with Gasteiger partial charge in [-0.15, -0.1) is 0 Å². The number of rotatable bonds is 3. The first-order valence-corrected chi connectivity index (χ1v) is 4.99. The van der Waals surface area contributed by atoms with Crippen LogP contribution in [0, 0.1) is 6.92 Å². The van der Waals surface area contributed by atoms with E-state index < -0.39 is 0 Å². The molecular formula is C12H17NO. The molecule has 76 valence electrons. The van der Waals surface area contributed by atoms with Crippen LogP contribution in [0.15, 0.2) is 24.3 Å². The van der Waals surface area contributed by atoms with Crippen LogP contribution in [0.25, 0.3) is 0 Å². The molecule has 1 aromatic carbocycles. The van der Waals surface area contributed by atoms with Crippen LogP contribution < -0.4 is 5.32 Å². The molecule has 1 aromatic rings. The van der Waals surface area contributed by atoms with Crippen molar-refractivity contribution in [1.29, 1.82) is 0 Å². The highest BCUT2D eigenvalue weighted by molar-refractivity contribution is 5.75. The zero-order valence-corrected chi connectivity index (χ0v) is 9.00. The van der Waals surface area contributed by atoms with Crippen molar-refractivity contribution in [3.8, 4) is 0 Å². The smallest absolute Gasteiger partial charge is 0.220 e. The lowest BCUT2D eigenvalue weighted by Crippen LogP contribution is -2.25. The summed E-state index contributed by atoms with van der Waals surface area (Å²) in [6.07, 6.45) is 0.538. The fraction of sp³-hybridized carbons (Fsp3) is 0.417. The molecule has 0 unspecified atom stereocenters. The Labute approximate surface area is 85.3 Å². The average Bonchev–Trinajstić information content (AvgIpc) is 2.18. The van der Waals surface area contributed by atoms with Gasteiger partial charge in [-0.05, 0) is 19.4 Å².